The molecule has 2 unspecified atom stereocenters. The molecular weight excluding hydrogens is 220 g/mol. The summed E-state index contributed by atoms with van der Waals surface area (Å²) in [6, 6.07) is 7.10. The molecule has 0 radical (unpaired) electrons. The van der Waals surface area contributed by atoms with Crippen molar-refractivity contribution in [1.82, 2.24) is 0 Å². The summed E-state index contributed by atoms with van der Waals surface area (Å²) in [5, 5.41) is 20.2. The second-order valence-electron chi connectivity index (χ2n) is 3.46. The van der Waals surface area contributed by atoms with Crippen LogP contribution in [0.4, 0.5) is 0 Å². The minimum atomic E-state index is -0.940. The van der Waals surface area contributed by atoms with Crippen LogP contribution >= 0.6 is 23.4 Å². The van der Waals surface area contributed by atoms with Crippen molar-refractivity contribution in [1.29, 1.82) is 0 Å². The number of aliphatic hydroxyl groups is 2. The van der Waals surface area contributed by atoms with Crippen LogP contribution in [0.5, 0.6) is 0 Å². The number of benzene rings is 1. The number of rotatable bonds is 1. The van der Waals surface area contributed by atoms with Crippen LogP contribution in [0, 0.1) is 0 Å². The SMILES string of the molecule is OC1CSC(O)(c2ccc(Cl)cc2)C1. The Labute approximate surface area is 91.9 Å². The smallest absolute Gasteiger partial charge is 0.138 e. The third-order valence-electron chi connectivity index (χ3n) is 2.32. The van der Waals surface area contributed by atoms with Crippen molar-refractivity contribution in [2.24, 2.45) is 0 Å². The predicted molar refractivity (Wildman–Crippen MR) is 58.4 cm³/mol. The Balaban J connectivity index is 2.26. The zero-order chi connectivity index (χ0) is 10.2. The fraction of sp³-hybridized carbons (Fsp3) is 0.400. The van der Waals surface area contributed by atoms with E-state index in [9.17, 15) is 10.2 Å². The molecule has 1 aromatic rings. The summed E-state index contributed by atoms with van der Waals surface area (Å²) in [4.78, 5) is -0.940. The third-order valence-corrected chi connectivity index (χ3v) is 4.01. The van der Waals surface area contributed by atoms with Gasteiger partial charge in [0, 0.05) is 17.2 Å². The van der Waals surface area contributed by atoms with Crippen molar-refractivity contribution in [3.05, 3.63) is 34.9 Å². The Morgan fingerprint density at radius 2 is 2.00 bits per heavy atom. The molecule has 0 saturated carbocycles. The number of halogens is 1. The zero-order valence-corrected chi connectivity index (χ0v) is 9.05. The van der Waals surface area contributed by atoms with Gasteiger partial charge >= 0.3 is 0 Å². The van der Waals surface area contributed by atoms with Crippen LogP contribution in [0.25, 0.3) is 0 Å². The van der Waals surface area contributed by atoms with Crippen LogP contribution in [0.3, 0.4) is 0 Å². The van der Waals surface area contributed by atoms with Gasteiger partial charge in [-0.15, -0.1) is 11.8 Å². The van der Waals surface area contributed by atoms with E-state index in [1.807, 2.05) is 0 Å². The second-order valence-corrected chi connectivity index (χ2v) is 5.19. The van der Waals surface area contributed by atoms with Gasteiger partial charge in [0.15, 0.2) is 0 Å². The summed E-state index contributed by atoms with van der Waals surface area (Å²) in [5.74, 6) is 0.582. The predicted octanol–water partition coefficient (Wildman–Crippen LogP) is 1.98. The van der Waals surface area contributed by atoms with Crippen molar-refractivity contribution < 1.29 is 10.2 Å². The van der Waals surface area contributed by atoms with E-state index in [4.69, 9.17) is 11.6 Å². The van der Waals surface area contributed by atoms with Crippen molar-refractivity contribution in [3.63, 3.8) is 0 Å². The maximum atomic E-state index is 10.2. The van der Waals surface area contributed by atoms with Gasteiger partial charge < -0.3 is 10.2 Å². The van der Waals surface area contributed by atoms with Crippen LogP contribution in [0.2, 0.25) is 5.02 Å². The van der Waals surface area contributed by atoms with Gasteiger partial charge in [0.05, 0.1) is 6.10 Å². The fourth-order valence-electron chi connectivity index (χ4n) is 1.58. The van der Waals surface area contributed by atoms with E-state index < -0.39 is 11.0 Å². The minimum absolute atomic E-state index is 0.388. The summed E-state index contributed by atoms with van der Waals surface area (Å²) < 4.78 is 0. The molecule has 2 rings (SSSR count). The molecule has 1 fully saturated rings. The average Bonchev–Trinajstić information content (AvgIpc) is 2.48. The molecule has 0 aromatic heterocycles. The Morgan fingerprint density at radius 3 is 2.50 bits per heavy atom. The Morgan fingerprint density at radius 1 is 1.36 bits per heavy atom. The molecule has 1 aliphatic heterocycles. The van der Waals surface area contributed by atoms with Crippen LogP contribution < -0.4 is 0 Å². The van der Waals surface area contributed by atoms with Gasteiger partial charge in [-0.2, -0.15) is 0 Å². The first kappa shape index (κ1) is 10.3. The van der Waals surface area contributed by atoms with E-state index in [-0.39, 0.29) is 0 Å². The van der Waals surface area contributed by atoms with Gasteiger partial charge in [0.1, 0.15) is 4.93 Å². The van der Waals surface area contributed by atoms with E-state index in [1.165, 1.54) is 11.8 Å². The molecule has 2 nitrogen and oxygen atoms in total. The molecule has 1 heterocycles. The van der Waals surface area contributed by atoms with Crippen LogP contribution in [0.1, 0.15) is 12.0 Å². The lowest BCUT2D eigenvalue weighted by Crippen LogP contribution is -2.19. The van der Waals surface area contributed by atoms with E-state index in [2.05, 4.69) is 0 Å². The summed E-state index contributed by atoms with van der Waals surface area (Å²) in [6.07, 6.45) is -0.0278. The molecule has 1 aromatic carbocycles. The Bertz CT molecular complexity index is 327. The largest absolute Gasteiger partial charge is 0.392 e. The molecule has 1 saturated heterocycles. The zero-order valence-electron chi connectivity index (χ0n) is 7.48. The van der Waals surface area contributed by atoms with Crippen LogP contribution in [-0.4, -0.2) is 22.1 Å². The lowest BCUT2D eigenvalue weighted by Gasteiger charge is -2.21. The monoisotopic (exact) mass is 230 g/mol. The minimum Gasteiger partial charge on any atom is -0.392 e. The third kappa shape index (κ3) is 1.91. The molecule has 0 bridgehead atoms. The molecule has 0 amide bonds. The molecule has 4 heteroatoms. The highest BCUT2D eigenvalue weighted by Gasteiger charge is 2.38. The lowest BCUT2D eigenvalue weighted by atomic mass is 10.0. The van der Waals surface area contributed by atoms with Gasteiger partial charge in [-0.05, 0) is 17.7 Å². The first-order valence-corrected chi connectivity index (χ1v) is 5.77. The second kappa shape index (κ2) is 3.74. The molecule has 2 atom stereocenters. The maximum absolute atomic E-state index is 10.2. The van der Waals surface area contributed by atoms with Crippen molar-refractivity contribution in [3.8, 4) is 0 Å². The van der Waals surface area contributed by atoms with Crippen molar-refractivity contribution in [2.45, 2.75) is 17.5 Å². The van der Waals surface area contributed by atoms with E-state index in [1.54, 1.807) is 24.3 Å². The van der Waals surface area contributed by atoms with Gasteiger partial charge in [0.2, 0.25) is 0 Å². The quantitative estimate of drug-likeness (QED) is 0.775. The summed E-state index contributed by atoms with van der Waals surface area (Å²) in [6.45, 7) is 0. The van der Waals surface area contributed by atoms with E-state index in [0.717, 1.165) is 5.56 Å². The Kier molecular flexibility index (Phi) is 2.75. The molecule has 14 heavy (non-hydrogen) atoms. The molecule has 1 aliphatic rings. The maximum Gasteiger partial charge on any atom is 0.138 e. The number of hydrogen-bond donors (Lipinski definition) is 2. The van der Waals surface area contributed by atoms with Gasteiger partial charge in [0.25, 0.3) is 0 Å². The lowest BCUT2D eigenvalue weighted by molar-refractivity contribution is 0.0822. The molecule has 0 aliphatic carbocycles. The van der Waals surface area contributed by atoms with Crippen LogP contribution in [-0.2, 0) is 4.93 Å². The topological polar surface area (TPSA) is 40.5 Å². The van der Waals surface area contributed by atoms with Gasteiger partial charge in [-0.1, -0.05) is 23.7 Å². The Hall–Kier alpha value is -0.220. The number of thioether (sulfide) groups is 1. The van der Waals surface area contributed by atoms with Crippen molar-refractivity contribution >= 4 is 23.4 Å². The van der Waals surface area contributed by atoms with Gasteiger partial charge in [-0.3, -0.25) is 0 Å². The first-order chi connectivity index (χ1) is 6.60. The van der Waals surface area contributed by atoms with E-state index in [0.29, 0.717) is 17.2 Å². The highest BCUT2D eigenvalue weighted by atomic mass is 35.5. The summed E-state index contributed by atoms with van der Waals surface area (Å²) >= 11 is 7.13. The molecule has 2 N–H and O–H groups in total. The number of aliphatic hydroxyl groups excluding tert-OH is 1. The van der Waals surface area contributed by atoms with E-state index >= 15 is 0 Å². The normalized spacial score (nSPS) is 32.1. The highest BCUT2D eigenvalue weighted by Crippen LogP contribution is 2.44. The van der Waals surface area contributed by atoms with Gasteiger partial charge in [-0.25, -0.2) is 0 Å². The fourth-order valence-corrected chi connectivity index (χ4v) is 2.91. The standard InChI is InChI=1S/C10H11ClO2S/c11-8-3-1-7(2-4-8)10(13)5-9(12)6-14-10/h1-4,9,12-13H,5-6H2. The van der Waals surface area contributed by atoms with Crippen molar-refractivity contribution in [2.75, 3.05) is 5.75 Å². The summed E-state index contributed by atoms with van der Waals surface area (Å²) in [5.41, 5.74) is 0.809. The molecule has 0 spiro atoms. The first-order valence-electron chi connectivity index (χ1n) is 4.41. The molecule has 76 valence electrons. The average molecular weight is 231 g/mol. The highest BCUT2D eigenvalue weighted by molar-refractivity contribution is 8.00. The summed E-state index contributed by atoms with van der Waals surface area (Å²) in [7, 11) is 0. The molecular formula is C10H11ClO2S. The number of hydrogen-bond acceptors (Lipinski definition) is 3. The van der Waals surface area contributed by atoms with Crippen LogP contribution in [0.15, 0.2) is 24.3 Å².